The Morgan fingerprint density at radius 3 is 2.56 bits per heavy atom. The summed E-state index contributed by atoms with van der Waals surface area (Å²) < 4.78 is 9.99. The van der Waals surface area contributed by atoms with E-state index in [1.807, 2.05) is 0 Å². The second kappa shape index (κ2) is 8.20. The van der Waals surface area contributed by atoms with E-state index in [0.29, 0.717) is 0 Å². The Labute approximate surface area is 94.9 Å². The van der Waals surface area contributed by atoms with E-state index in [1.54, 1.807) is 6.92 Å². The highest BCUT2D eigenvalue weighted by Gasteiger charge is 2.21. The van der Waals surface area contributed by atoms with Gasteiger partial charge < -0.3 is 19.7 Å². The summed E-state index contributed by atoms with van der Waals surface area (Å²) in [7, 11) is 0. The average Bonchev–Trinajstić information content (AvgIpc) is 2.27. The predicted octanol–water partition coefficient (Wildman–Crippen LogP) is -0.623. The number of rotatable bonds is 8. The highest BCUT2D eigenvalue weighted by atomic mass is 16.6. The summed E-state index contributed by atoms with van der Waals surface area (Å²) in [6.45, 7) is 6.09. The number of hydrogen-bond acceptors (Lipinski definition) is 6. The topological polar surface area (TPSA) is 88.4 Å². The van der Waals surface area contributed by atoms with E-state index in [9.17, 15) is 9.90 Å². The predicted molar refractivity (Wildman–Crippen MR) is 58.5 cm³/mol. The Morgan fingerprint density at radius 2 is 2.12 bits per heavy atom. The van der Waals surface area contributed by atoms with Gasteiger partial charge in [0.05, 0.1) is 19.3 Å². The first-order valence-corrected chi connectivity index (χ1v) is 5.01. The van der Waals surface area contributed by atoms with Crippen LogP contribution in [0.4, 0.5) is 0 Å². The molecule has 2 N–H and O–H groups in total. The lowest BCUT2D eigenvalue weighted by Crippen LogP contribution is -2.38. The van der Waals surface area contributed by atoms with E-state index in [0.717, 1.165) is 0 Å². The third-order valence-corrected chi connectivity index (χ3v) is 1.93. The van der Waals surface area contributed by atoms with E-state index < -0.39 is 24.8 Å². The molecule has 6 heteroatoms. The van der Waals surface area contributed by atoms with Crippen molar-refractivity contribution in [2.75, 3.05) is 19.8 Å². The van der Waals surface area contributed by atoms with Gasteiger partial charge in [0.25, 0.3) is 0 Å². The molecule has 0 radical (unpaired) electrons. The summed E-state index contributed by atoms with van der Waals surface area (Å²) in [5, 5.41) is 18.2. The van der Waals surface area contributed by atoms with E-state index in [-0.39, 0.29) is 19.3 Å². The van der Waals surface area contributed by atoms with Gasteiger partial charge in [-0.25, -0.2) is 0 Å². The molecule has 16 heavy (non-hydrogen) atoms. The van der Waals surface area contributed by atoms with Gasteiger partial charge in [-0.1, -0.05) is 0 Å². The molecule has 0 aliphatic heterocycles. The zero-order valence-corrected chi connectivity index (χ0v) is 9.63. The molecule has 0 rings (SSSR count). The summed E-state index contributed by atoms with van der Waals surface area (Å²) in [6.07, 6.45) is -1.84. The molecule has 0 aromatic rings. The quantitative estimate of drug-likeness (QED) is 0.431. The molecular weight excluding hydrogens is 214 g/mol. The third-order valence-electron chi connectivity index (χ3n) is 1.93. The molecular formula is C10H19NO5. The average molecular weight is 233 g/mol. The fourth-order valence-electron chi connectivity index (χ4n) is 0.903. The first kappa shape index (κ1) is 15.0. The van der Waals surface area contributed by atoms with Crippen LogP contribution in [0.15, 0.2) is 4.99 Å². The van der Waals surface area contributed by atoms with Crippen molar-refractivity contribution >= 4 is 12.7 Å². The molecule has 6 nitrogen and oxygen atoms in total. The summed E-state index contributed by atoms with van der Waals surface area (Å²) >= 11 is 0. The van der Waals surface area contributed by atoms with Gasteiger partial charge in [0.2, 0.25) is 0 Å². The van der Waals surface area contributed by atoms with Crippen molar-refractivity contribution in [3.05, 3.63) is 0 Å². The number of aliphatic hydroxyl groups is 2. The molecule has 94 valence electrons. The fraction of sp³-hybridized carbons (Fsp3) is 0.800. The van der Waals surface area contributed by atoms with Crippen LogP contribution in [0.2, 0.25) is 0 Å². The molecule has 0 bridgehead atoms. The molecule has 0 aliphatic rings. The maximum Gasteiger partial charge on any atom is 0.302 e. The zero-order valence-electron chi connectivity index (χ0n) is 9.63. The van der Waals surface area contributed by atoms with Gasteiger partial charge in [-0.3, -0.25) is 9.79 Å². The van der Waals surface area contributed by atoms with E-state index in [2.05, 4.69) is 11.7 Å². The first-order valence-electron chi connectivity index (χ1n) is 5.01. The van der Waals surface area contributed by atoms with E-state index in [1.165, 1.54) is 6.92 Å². The Morgan fingerprint density at radius 1 is 1.50 bits per heavy atom. The zero-order chi connectivity index (χ0) is 12.6. The van der Waals surface area contributed by atoms with Crippen LogP contribution in [0.25, 0.3) is 0 Å². The summed E-state index contributed by atoms with van der Waals surface area (Å²) in [4.78, 5) is 14.3. The Bertz CT molecular complexity index is 221. The number of aliphatic imine (C=N–C) groups is 1. The van der Waals surface area contributed by atoms with Crippen LogP contribution < -0.4 is 0 Å². The van der Waals surface area contributed by atoms with Crippen molar-refractivity contribution in [2.45, 2.75) is 32.1 Å². The van der Waals surface area contributed by atoms with Crippen LogP contribution in [-0.2, 0) is 14.3 Å². The molecule has 0 fully saturated rings. The maximum atomic E-state index is 10.6. The summed E-state index contributed by atoms with van der Waals surface area (Å²) in [5.41, 5.74) is 0. The van der Waals surface area contributed by atoms with Crippen LogP contribution in [-0.4, -0.2) is 61.0 Å². The number of carbonyl (C=O) groups excluding carboxylic acids is 1. The van der Waals surface area contributed by atoms with Gasteiger partial charge in [0, 0.05) is 6.92 Å². The second-order valence-electron chi connectivity index (χ2n) is 3.46. The van der Waals surface area contributed by atoms with Gasteiger partial charge >= 0.3 is 5.97 Å². The van der Waals surface area contributed by atoms with Crippen LogP contribution >= 0.6 is 0 Å². The number of hydrogen-bond donors (Lipinski definition) is 2. The van der Waals surface area contributed by atoms with Gasteiger partial charge in [0.1, 0.15) is 18.8 Å². The van der Waals surface area contributed by atoms with Crippen molar-refractivity contribution in [3.63, 3.8) is 0 Å². The van der Waals surface area contributed by atoms with Crippen LogP contribution in [0.5, 0.6) is 0 Å². The number of esters is 1. The van der Waals surface area contributed by atoms with Gasteiger partial charge in [-0.15, -0.1) is 0 Å². The summed E-state index contributed by atoms with van der Waals surface area (Å²) in [5.74, 6) is -0.464. The second-order valence-corrected chi connectivity index (χ2v) is 3.46. The van der Waals surface area contributed by atoms with Gasteiger partial charge in [0.15, 0.2) is 0 Å². The first-order chi connectivity index (χ1) is 7.51. The van der Waals surface area contributed by atoms with Gasteiger partial charge in [-0.2, -0.15) is 0 Å². The number of nitrogens with zero attached hydrogens (tertiary/aromatic N) is 1. The van der Waals surface area contributed by atoms with E-state index in [4.69, 9.17) is 14.6 Å². The molecule has 0 saturated heterocycles. The molecule has 3 atom stereocenters. The SMILES string of the molecule is C=N[C@@H](C)COC(COC(C)=O)[C@H](O)CO. The lowest BCUT2D eigenvalue weighted by Gasteiger charge is -2.22. The number of carbonyl (C=O) groups is 1. The molecule has 0 amide bonds. The van der Waals surface area contributed by atoms with Crippen molar-refractivity contribution in [1.29, 1.82) is 0 Å². The molecule has 0 saturated carbocycles. The maximum absolute atomic E-state index is 10.6. The van der Waals surface area contributed by atoms with Crippen LogP contribution in [0.3, 0.4) is 0 Å². The molecule has 0 spiro atoms. The molecule has 0 aliphatic carbocycles. The molecule has 1 unspecified atom stereocenters. The Kier molecular flexibility index (Phi) is 7.70. The van der Waals surface area contributed by atoms with Crippen molar-refractivity contribution in [1.82, 2.24) is 0 Å². The van der Waals surface area contributed by atoms with Crippen LogP contribution in [0, 0.1) is 0 Å². The normalized spacial score (nSPS) is 16.2. The minimum absolute atomic E-state index is 0.0963. The van der Waals surface area contributed by atoms with Crippen molar-refractivity contribution in [3.8, 4) is 0 Å². The Balaban J connectivity index is 4.09. The Hall–Kier alpha value is -0.980. The largest absolute Gasteiger partial charge is 0.463 e. The smallest absolute Gasteiger partial charge is 0.302 e. The molecule has 0 aromatic carbocycles. The van der Waals surface area contributed by atoms with E-state index >= 15 is 0 Å². The fourth-order valence-corrected chi connectivity index (χ4v) is 0.903. The highest BCUT2D eigenvalue weighted by Crippen LogP contribution is 2.03. The number of ether oxygens (including phenoxy) is 2. The molecule has 0 heterocycles. The minimum atomic E-state index is -1.09. The van der Waals surface area contributed by atoms with Crippen molar-refractivity contribution in [2.24, 2.45) is 4.99 Å². The van der Waals surface area contributed by atoms with Gasteiger partial charge in [-0.05, 0) is 13.6 Å². The summed E-state index contributed by atoms with van der Waals surface area (Å²) in [6, 6.07) is -0.120. The lowest BCUT2D eigenvalue weighted by molar-refractivity contribution is -0.150. The highest BCUT2D eigenvalue weighted by molar-refractivity contribution is 5.65. The minimum Gasteiger partial charge on any atom is -0.463 e. The monoisotopic (exact) mass is 233 g/mol. The lowest BCUT2D eigenvalue weighted by atomic mass is 10.2. The number of aliphatic hydroxyl groups excluding tert-OH is 2. The van der Waals surface area contributed by atoms with Crippen LogP contribution in [0.1, 0.15) is 13.8 Å². The third kappa shape index (κ3) is 6.49. The van der Waals surface area contributed by atoms with Crippen molar-refractivity contribution < 1.29 is 24.5 Å². The standard InChI is InChI=1S/C10H19NO5/c1-7(11-3)5-16-10(9(14)4-12)6-15-8(2)13/h7,9-10,12,14H,3-6H2,1-2H3/t7-,9+,10?/m0/s1. The molecule has 0 aromatic heterocycles.